The molecule has 2 aromatic rings. The van der Waals surface area contributed by atoms with Crippen molar-refractivity contribution >= 4 is 43.7 Å². The molecule has 0 aliphatic carbocycles. The molecule has 0 aliphatic rings. The number of nitrogens with zero attached hydrogens (tertiary/aromatic N) is 1. The van der Waals surface area contributed by atoms with Gasteiger partial charge in [0.25, 0.3) is 0 Å². The van der Waals surface area contributed by atoms with Crippen molar-refractivity contribution < 1.29 is 0 Å². The fourth-order valence-corrected chi connectivity index (χ4v) is 1.69. The highest BCUT2D eigenvalue weighted by Crippen LogP contribution is 2.16. The lowest BCUT2D eigenvalue weighted by Gasteiger charge is -2.01. The van der Waals surface area contributed by atoms with Gasteiger partial charge in [0.2, 0.25) is 0 Å². The van der Waals surface area contributed by atoms with Crippen LogP contribution in [0.15, 0.2) is 47.6 Å². The van der Waals surface area contributed by atoms with Crippen molar-refractivity contribution in [3.8, 4) is 0 Å². The summed E-state index contributed by atoms with van der Waals surface area (Å²) >= 11 is 3.26. The van der Waals surface area contributed by atoms with Gasteiger partial charge in [0, 0.05) is 18.0 Å². The van der Waals surface area contributed by atoms with Crippen LogP contribution in [0.5, 0.6) is 0 Å². The van der Waals surface area contributed by atoms with Gasteiger partial charge in [-0.1, -0.05) is 46.3 Å². The number of benzene rings is 1. The molecule has 1 heterocycles. The number of hydrogen-bond donors (Lipinski definition) is 0. The first kappa shape index (κ1) is 12.4. The first-order chi connectivity index (χ1) is 6.92. The van der Waals surface area contributed by atoms with Gasteiger partial charge in [-0.05, 0) is 16.4 Å². The molecule has 1 aromatic heterocycles. The molecule has 0 spiro atoms. The van der Waals surface area contributed by atoms with E-state index in [4.69, 9.17) is 0 Å². The fraction of sp³-hybridized carbons (Fsp3) is 0.0833. The van der Waals surface area contributed by atoms with Crippen molar-refractivity contribution in [2.45, 2.75) is 6.42 Å². The highest BCUT2D eigenvalue weighted by atomic mass is 79.9. The Hall–Kier alpha value is -0.670. The minimum absolute atomic E-state index is 0. The summed E-state index contributed by atoms with van der Waals surface area (Å²) in [6, 6.07) is 10.4. The maximum Gasteiger partial charge on any atom is 0.0519 e. The molecule has 0 amide bonds. The molecular formula is C12H11Br2N. The third-order valence-electron chi connectivity index (χ3n) is 2.16. The van der Waals surface area contributed by atoms with Gasteiger partial charge < -0.3 is 0 Å². The molecule has 15 heavy (non-hydrogen) atoms. The van der Waals surface area contributed by atoms with Gasteiger partial charge >= 0.3 is 0 Å². The number of fused-ring (bicyclic) bond motifs is 1. The van der Waals surface area contributed by atoms with Gasteiger partial charge in [-0.25, -0.2) is 0 Å². The third-order valence-corrected chi connectivity index (χ3v) is 2.53. The molecule has 0 saturated carbocycles. The van der Waals surface area contributed by atoms with E-state index in [1.54, 1.807) is 0 Å². The fourth-order valence-electron chi connectivity index (χ4n) is 1.50. The third kappa shape index (κ3) is 2.89. The van der Waals surface area contributed by atoms with E-state index in [9.17, 15) is 0 Å². The zero-order valence-electron chi connectivity index (χ0n) is 8.06. The molecule has 1 nitrogen and oxygen atoms in total. The number of halogens is 2. The summed E-state index contributed by atoms with van der Waals surface area (Å²) < 4.78 is 0. The van der Waals surface area contributed by atoms with E-state index < -0.39 is 0 Å². The zero-order valence-corrected chi connectivity index (χ0v) is 11.4. The summed E-state index contributed by atoms with van der Waals surface area (Å²) in [5.74, 6) is 0. The predicted octanol–water partition coefficient (Wildman–Crippen LogP) is 4.26. The van der Waals surface area contributed by atoms with E-state index in [2.05, 4.69) is 39.1 Å². The molecule has 0 fully saturated rings. The second-order valence-corrected chi connectivity index (χ2v) is 3.57. The highest BCUT2D eigenvalue weighted by molar-refractivity contribution is 9.11. The summed E-state index contributed by atoms with van der Waals surface area (Å²) in [7, 11) is 0. The maximum atomic E-state index is 4.37. The standard InChI is InChI=1S/C12H10BrN.BrH/c13-8-3-6-12-11-5-2-1-4-10(11)7-9-14-12;/h1-5,7-9H,6H2;1H. The number of aromatic nitrogens is 1. The van der Waals surface area contributed by atoms with E-state index in [0.29, 0.717) is 0 Å². The Balaban J connectivity index is 0.00000112. The topological polar surface area (TPSA) is 12.9 Å². The molecule has 3 heteroatoms. The van der Waals surface area contributed by atoms with Crippen molar-refractivity contribution in [1.29, 1.82) is 0 Å². The zero-order chi connectivity index (χ0) is 9.80. The van der Waals surface area contributed by atoms with Gasteiger partial charge in [-0.15, -0.1) is 17.0 Å². The number of hydrogen-bond acceptors (Lipinski definition) is 1. The summed E-state index contributed by atoms with van der Waals surface area (Å²) in [5, 5.41) is 2.49. The monoisotopic (exact) mass is 327 g/mol. The Bertz CT molecular complexity index is 461. The lowest BCUT2D eigenvalue weighted by molar-refractivity contribution is 1.14. The molecule has 1 aromatic carbocycles. The molecule has 2 rings (SSSR count). The Morgan fingerprint density at radius 2 is 2.00 bits per heavy atom. The van der Waals surface area contributed by atoms with Crippen molar-refractivity contribution in [3.63, 3.8) is 0 Å². The molecule has 0 bridgehead atoms. The van der Waals surface area contributed by atoms with Crippen LogP contribution in [0.1, 0.15) is 5.69 Å². The average Bonchev–Trinajstić information content (AvgIpc) is 2.26. The molecule has 0 aliphatic heterocycles. The second-order valence-electron chi connectivity index (χ2n) is 3.04. The largest absolute Gasteiger partial charge is 0.260 e. The SMILES string of the molecule is Br.BrC=CCc1nccc2ccccc12. The smallest absolute Gasteiger partial charge is 0.0519 e. The summed E-state index contributed by atoms with van der Waals surface area (Å²) in [5.41, 5.74) is 1.12. The Labute approximate surface area is 108 Å². The number of rotatable bonds is 2. The van der Waals surface area contributed by atoms with Crippen molar-refractivity contribution in [2.24, 2.45) is 0 Å². The highest BCUT2D eigenvalue weighted by Gasteiger charge is 1.98. The van der Waals surface area contributed by atoms with Gasteiger partial charge in [0.05, 0.1) is 5.69 Å². The summed E-state index contributed by atoms with van der Waals surface area (Å²) in [6.45, 7) is 0. The van der Waals surface area contributed by atoms with Crippen LogP contribution in [-0.4, -0.2) is 4.98 Å². The van der Waals surface area contributed by atoms with Crippen LogP contribution in [0.4, 0.5) is 0 Å². The average molecular weight is 329 g/mol. The summed E-state index contributed by atoms with van der Waals surface area (Å²) in [6.07, 6.45) is 4.78. The lowest BCUT2D eigenvalue weighted by atomic mass is 10.1. The normalized spacial score (nSPS) is 10.5. The van der Waals surface area contributed by atoms with Gasteiger partial charge in [0.1, 0.15) is 0 Å². The first-order valence-corrected chi connectivity index (χ1v) is 5.41. The van der Waals surface area contributed by atoms with E-state index in [0.717, 1.165) is 12.1 Å². The van der Waals surface area contributed by atoms with E-state index in [1.807, 2.05) is 29.4 Å². The van der Waals surface area contributed by atoms with Gasteiger partial charge in [0.15, 0.2) is 0 Å². The van der Waals surface area contributed by atoms with Gasteiger partial charge in [-0.2, -0.15) is 0 Å². The minimum atomic E-state index is 0. The molecular weight excluding hydrogens is 318 g/mol. The Morgan fingerprint density at radius 1 is 1.20 bits per heavy atom. The van der Waals surface area contributed by atoms with E-state index in [1.165, 1.54) is 10.8 Å². The van der Waals surface area contributed by atoms with Crippen molar-refractivity contribution in [1.82, 2.24) is 4.98 Å². The molecule has 0 radical (unpaired) electrons. The van der Waals surface area contributed by atoms with Crippen LogP contribution in [-0.2, 0) is 6.42 Å². The minimum Gasteiger partial charge on any atom is -0.260 e. The number of allylic oxidation sites excluding steroid dienone is 1. The van der Waals surface area contributed by atoms with Gasteiger partial charge in [-0.3, -0.25) is 4.98 Å². The molecule has 0 atom stereocenters. The summed E-state index contributed by atoms with van der Waals surface area (Å²) in [4.78, 5) is 6.24. The van der Waals surface area contributed by atoms with Crippen molar-refractivity contribution in [2.75, 3.05) is 0 Å². The quantitative estimate of drug-likeness (QED) is 0.802. The maximum absolute atomic E-state index is 4.37. The molecule has 78 valence electrons. The lowest BCUT2D eigenvalue weighted by Crippen LogP contribution is -1.88. The Kier molecular flexibility index (Phi) is 4.99. The van der Waals surface area contributed by atoms with Crippen LogP contribution < -0.4 is 0 Å². The molecule has 0 saturated heterocycles. The number of pyridine rings is 1. The van der Waals surface area contributed by atoms with Crippen LogP contribution >= 0.6 is 32.9 Å². The van der Waals surface area contributed by atoms with Crippen LogP contribution in [0.25, 0.3) is 10.8 Å². The van der Waals surface area contributed by atoms with Crippen LogP contribution in [0.3, 0.4) is 0 Å². The van der Waals surface area contributed by atoms with E-state index in [-0.39, 0.29) is 17.0 Å². The van der Waals surface area contributed by atoms with Crippen molar-refractivity contribution in [3.05, 3.63) is 53.3 Å². The van der Waals surface area contributed by atoms with E-state index >= 15 is 0 Å². The molecule has 0 unspecified atom stereocenters. The second kappa shape index (κ2) is 6.03. The first-order valence-electron chi connectivity index (χ1n) is 4.49. The predicted molar refractivity (Wildman–Crippen MR) is 73.8 cm³/mol. The Morgan fingerprint density at radius 3 is 2.80 bits per heavy atom. The van der Waals surface area contributed by atoms with Crippen LogP contribution in [0, 0.1) is 0 Å². The molecule has 0 N–H and O–H groups in total. The van der Waals surface area contributed by atoms with Crippen LogP contribution in [0.2, 0.25) is 0 Å².